The van der Waals surface area contributed by atoms with E-state index in [0.717, 1.165) is 12.1 Å². The summed E-state index contributed by atoms with van der Waals surface area (Å²) < 4.78 is 0. The van der Waals surface area contributed by atoms with Gasteiger partial charge in [-0.3, -0.25) is 4.79 Å². The predicted molar refractivity (Wildman–Crippen MR) is 71.6 cm³/mol. The van der Waals surface area contributed by atoms with Gasteiger partial charge in [0.25, 0.3) is 0 Å². The Morgan fingerprint density at radius 2 is 1.76 bits per heavy atom. The third-order valence-corrected chi connectivity index (χ3v) is 3.45. The summed E-state index contributed by atoms with van der Waals surface area (Å²) >= 11 is 0. The largest absolute Gasteiger partial charge is 0.326 e. The van der Waals surface area contributed by atoms with Crippen molar-refractivity contribution in [2.75, 3.05) is 5.32 Å². The van der Waals surface area contributed by atoms with Gasteiger partial charge in [-0.2, -0.15) is 0 Å². The van der Waals surface area contributed by atoms with Gasteiger partial charge in [0.1, 0.15) is 0 Å². The molecule has 1 heterocycles. The Hall–Kier alpha value is -1.31. The highest BCUT2D eigenvalue weighted by Crippen LogP contribution is 2.37. The molecule has 1 N–H and O–H groups in total. The van der Waals surface area contributed by atoms with Crippen LogP contribution < -0.4 is 5.32 Å². The number of amides is 1. The Morgan fingerprint density at radius 1 is 1.06 bits per heavy atom. The van der Waals surface area contributed by atoms with E-state index < -0.39 is 0 Å². The monoisotopic (exact) mass is 231 g/mol. The molecular weight excluding hydrogens is 210 g/mol. The van der Waals surface area contributed by atoms with Crippen molar-refractivity contribution in [3.63, 3.8) is 0 Å². The van der Waals surface area contributed by atoms with Gasteiger partial charge < -0.3 is 5.32 Å². The summed E-state index contributed by atoms with van der Waals surface area (Å²) in [5.74, 6) is 1.09. The fourth-order valence-corrected chi connectivity index (χ4v) is 2.61. The Morgan fingerprint density at radius 3 is 2.35 bits per heavy atom. The quantitative estimate of drug-likeness (QED) is 0.823. The molecule has 0 fully saturated rings. The maximum atomic E-state index is 11.6. The molecule has 0 saturated carbocycles. The van der Waals surface area contributed by atoms with Gasteiger partial charge in [-0.15, -0.1) is 0 Å². The SMILES string of the molecule is CC(C)c1ccc2c(c1C(C)C)NC(=O)CC2. The zero-order chi connectivity index (χ0) is 12.6. The molecule has 1 aliphatic heterocycles. The molecule has 0 unspecified atom stereocenters. The predicted octanol–water partition coefficient (Wildman–Crippen LogP) is 3.82. The van der Waals surface area contributed by atoms with Crippen LogP contribution in [0.5, 0.6) is 0 Å². The highest BCUT2D eigenvalue weighted by atomic mass is 16.1. The van der Waals surface area contributed by atoms with Crippen LogP contribution in [0.25, 0.3) is 0 Å². The van der Waals surface area contributed by atoms with Crippen LogP contribution in [0.4, 0.5) is 5.69 Å². The van der Waals surface area contributed by atoms with Crippen LogP contribution in [0.1, 0.15) is 62.6 Å². The molecule has 0 radical (unpaired) electrons. The van der Waals surface area contributed by atoms with Gasteiger partial charge in [0.2, 0.25) is 5.91 Å². The van der Waals surface area contributed by atoms with Crippen molar-refractivity contribution in [1.82, 2.24) is 0 Å². The molecule has 2 heteroatoms. The number of carbonyl (C=O) groups excluding carboxylic acids is 1. The highest BCUT2D eigenvalue weighted by molar-refractivity contribution is 5.95. The molecule has 0 aromatic heterocycles. The van der Waals surface area contributed by atoms with E-state index in [2.05, 4.69) is 45.1 Å². The van der Waals surface area contributed by atoms with Crippen molar-refractivity contribution in [2.45, 2.75) is 52.4 Å². The van der Waals surface area contributed by atoms with Crippen molar-refractivity contribution in [3.05, 3.63) is 28.8 Å². The average molecular weight is 231 g/mol. The Kier molecular flexibility index (Phi) is 3.23. The zero-order valence-electron chi connectivity index (χ0n) is 11.1. The number of fused-ring (bicyclic) bond motifs is 1. The second-order valence-corrected chi connectivity index (χ2v) is 5.46. The molecule has 0 saturated heterocycles. The lowest BCUT2D eigenvalue weighted by Crippen LogP contribution is -2.21. The summed E-state index contributed by atoms with van der Waals surface area (Å²) in [6, 6.07) is 4.41. The minimum absolute atomic E-state index is 0.153. The van der Waals surface area contributed by atoms with E-state index in [-0.39, 0.29) is 5.91 Å². The van der Waals surface area contributed by atoms with E-state index in [1.807, 2.05) is 0 Å². The number of benzene rings is 1. The van der Waals surface area contributed by atoms with Gasteiger partial charge in [-0.05, 0) is 34.9 Å². The molecule has 1 aromatic carbocycles. The standard InChI is InChI=1S/C15H21NO/c1-9(2)12-7-5-11-6-8-13(17)16-15(11)14(12)10(3)4/h5,7,9-10H,6,8H2,1-4H3,(H,16,17). The Bertz CT molecular complexity index is 446. The summed E-state index contributed by atoms with van der Waals surface area (Å²) in [7, 11) is 0. The summed E-state index contributed by atoms with van der Waals surface area (Å²) in [6.07, 6.45) is 1.49. The molecule has 1 amide bonds. The molecule has 0 spiro atoms. The van der Waals surface area contributed by atoms with Crippen molar-refractivity contribution in [1.29, 1.82) is 0 Å². The number of hydrogen-bond acceptors (Lipinski definition) is 1. The van der Waals surface area contributed by atoms with E-state index >= 15 is 0 Å². The topological polar surface area (TPSA) is 29.1 Å². The first-order valence-corrected chi connectivity index (χ1v) is 6.46. The van der Waals surface area contributed by atoms with Crippen LogP contribution in [0, 0.1) is 0 Å². The number of carbonyl (C=O) groups is 1. The number of anilines is 1. The third kappa shape index (κ3) is 2.21. The smallest absolute Gasteiger partial charge is 0.224 e. The highest BCUT2D eigenvalue weighted by Gasteiger charge is 2.22. The fraction of sp³-hybridized carbons (Fsp3) is 0.533. The summed E-state index contributed by atoms with van der Waals surface area (Å²) in [4.78, 5) is 11.6. The number of nitrogens with one attached hydrogen (secondary N) is 1. The molecule has 0 aliphatic carbocycles. The van der Waals surface area contributed by atoms with Crippen molar-refractivity contribution < 1.29 is 4.79 Å². The number of hydrogen-bond donors (Lipinski definition) is 1. The molecule has 92 valence electrons. The fourth-order valence-electron chi connectivity index (χ4n) is 2.61. The summed E-state index contributed by atoms with van der Waals surface area (Å²) in [5, 5.41) is 3.07. The van der Waals surface area contributed by atoms with E-state index in [4.69, 9.17) is 0 Å². The third-order valence-electron chi connectivity index (χ3n) is 3.45. The first-order valence-electron chi connectivity index (χ1n) is 6.46. The van der Waals surface area contributed by atoms with Crippen LogP contribution in [-0.2, 0) is 11.2 Å². The lowest BCUT2D eigenvalue weighted by Gasteiger charge is -2.26. The van der Waals surface area contributed by atoms with Crippen molar-refractivity contribution in [2.24, 2.45) is 0 Å². The normalized spacial score (nSPS) is 15.1. The molecule has 1 aliphatic rings. The van der Waals surface area contributed by atoms with Crippen LogP contribution >= 0.6 is 0 Å². The van der Waals surface area contributed by atoms with Gasteiger partial charge in [0, 0.05) is 12.1 Å². The van der Waals surface area contributed by atoms with Crippen LogP contribution in [-0.4, -0.2) is 5.91 Å². The molecule has 1 aromatic rings. The maximum absolute atomic E-state index is 11.6. The minimum atomic E-state index is 0.153. The Balaban J connectivity index is 2.60. The number of rotatable bonds is 2. The second kappa shape index (κ2) is 4.52. The second-order valence-electron chi connectivity index (χ2n) is 5.46. The first kappa shape index (κ1) is 12.2. The first-order chi connectivity index (χ1) is 8.00. The van der Waals surface area contributed by atoms with Gasteiger partial charge in [0.15, 0.2) is 0 Å². The molecule has 17 heavy (non-hydrogen) atoms. The molecule has 0 atom stereocenters. The minimum Gasteiger partial charge on any atom is -0.326 e. The van der Waals surface area contributed by atoms with Crippen LogP contribution in [0.15, 0.2) is 12.1 Å². The van der Waals surface area contributed by atoms with Gasteiger partial charge in [-0.1, -0.05) is 39.8 Å². The summed E-state index contributed by atoms with van der Waals surface area (Å²) in [5.41, 5.74) is 5.06. The number of aryl methyl sites for hydroxylation is 1. The zero-order valence-corrected chi connectivity index (χ0v) is 11.1. The van der Waals surface area contributed by atoms with Crippen LogP contribution in [0.3, 0.4) is 0 Å². The summed E-state index contributed by atoms with van der Waals surface area (Å²) in [6.45, 7) is 8.81. The molecule has 0 bridgehead atoms. The lowest BCUT2D eigenvalue weighted by molar-refractivity contribution is -0.116. The average Bonchev–Trinajstić information content (AvgIpc) is 2.26. The van der Waals surface area contributed by atoms with Gasteiger partial charge >= 0.3 is 0 Å². The van der Waals surface area contributed by atoms with Crippen molar-refractivity contribution >= 4 is 11.6 Å². The maximum Gasteiger partial charge on any atom is 0.224 e. The van der Waals surface area contributed by atoms with Gasteiger partial charge in [0.05, 0.1) is 0 Å². The van der Waals surface area contributed by atoms with Gasteiger partial charge in [-0.25, -0.2) is 0 Å². The lowest BCUT2D eigenvalue weighted by atomic mass is 9.85. The van der Waals surface area contributed by atoms with Crippen molar-refractivity contribution in [3.8, 4) is 0 Å². The van der Waals surface area contributed by atoms with Crippen LogP contribution in [0.2, 0.25) is 0 Å². The van der Waals surface area contributed by atoms with E-state index in [9.17, 15) is 4.79 Å². The Labute approximate surface area is 103 Å². The molecule has 2 nitrogen and oxygen atoms in total. The van der Waals surface area contributed by atoms with E-state index in [1.54, 1.807) is 0 Å². The van der Waals surface area contributed by atoms with E-state index in [0.29, 0.717) is 18.3 Å². The molecular formula is C15H21NO. The van der Waals surface area contributed by atoms with E-state index in [1.165, 1.54) is 16.7 Å². The molecule has 2 rings (SSSR count).